The minimum Gasteiger partial charge on any atom is -0.323 e. The highest BCUT2D eigenvalue weighted by molar-refractivity contribution is 7.99. The van der Waals surface area contributed by atoms with Crippen molar-refractivity contribution in [1.29, 1.82) is 0 Å². The first-order valence-corrected chi connectivity index (χ1v) is 8.77. The zero-order valence-electron chi connectivity index (χ0n) is 14.1. The second kappa shape index (κ2) is 7.96. The number of nitrogens with zero attached hydrogens (tertiary/aromatic N) is 3. The lowest BCUT2D eigenvalue weighted by Gasteiger charge is -2.05. The second-order valence-corrected chi connectivity index (χ2v) is 6.53. The van der Waals surface area contributed by atoms with Gasteiger partial charge in [-0.2, -0.15) is 0 Å². The van der Waals surface area contributed by atoms with Gasteiger partial charge in [0, 0.05) is 17.7 Å². The highest BCUT2D eigenvalue weighted by atomic mass is 32.2. The molecule has 2 aromatic carbocycles. The second-order valence-electron chi connectivity index (χ2n) is 5.59. The van der Waals surface area contributed by atoms with Gasteiger partial charge in [0.2, 0.25) is 11.1 Å². The molecule has 0 fully saturated rings. The van der Waals surface area contributed by atoms with Crippen LogP contribution in [-0.4, -0.2) is 31.8 Å². The SMILES string of the molecule is Cc1ccc(-c2nc(SCC(=O)Nc3cc([N+](=O)[O-])ccc3F)n[nH]2)cc1. The molecule has 0 saturated heterocycles. The molecule has 1 aromatic heterocycles. The van der Waals surface area contributed by atoms with Crippen LogP contribution in [-0.2, 0) is 4.79 Å². The van der Waals surface area contributed by atoms with Crippen LogP contribution >= 0.6 is 11.8 Å². The van der Waals surface area contributed by atoms with Crippen LogP contribution in [0.4, 0.5) is 15.8 Å². The fraction of sp³-hybridized carbons (Fsp3) is 0.118. The summed E-state index contributed by atoms with van der Waals surface area (Å²) < 4.78 is 13.7. The molecule has 0 aliphatic carbocycles. The number of thioether (sulfide) groups is 1. The lowest BCUT2D eigenvalue weighted by Crippen LogP contribution is -2.15. The van der Waals surface area contributed by atoms with Crippen molar-refractivity contribution in [2.75, 3.05) is 11.1 Å². The van der Waals surface area contributed by atoms with E-state index in [1.54, 1.807) is 0 Å². The van der Waals surface area contributed by atoms with Crippen LogP contribution in [0.1, 0.15) is 5.56 Å². The average Bonchev–Trinajstić information content (AvgIpc) is 3.11. The number of non-ortho nitro benzene ring substituents is 1. The number of anilines is 1. The summed E-state index contributed by atoms with van der Waals surface area (Å²) in [6.45, 7) is 1.98. The van der Waals surface area contributed by atoms with Gasteiger partial charge in [-0.3, -0.25) is 20.0 Å². The summed E-state index contributed by atoms with van der Waals surface area (Å²) in [6, 6.07) is 10.6. The number of halogens is 1. The van der Waals surface area contributed by atoms with Crippen molar-refractivity contribution in [2.24, 2.45) is 0 Å². The molecular weight excluding hydrogens is 373 g/mol. The zero-order valence-corrected chi connectivity index (χ0v) is 14.9. The van der Waals surface area contributed by atoms with Gasteiger partial charge in [-0.15, -0.1) is 5.10 Å². The van der Waals surface area contributed by atoms with Crippen molar-refractivity contribution < 1.29 is 14.1 Å². The molecule has 1 heterocycles. The largest absolute Gasteiger partial charge is 0.323 e. The van der Waals surface area contributed by atoms with Crippen LogP contribution in [0.3, 0.4) is 0 Å². The number of carbonyl (C=O) groups excluding carboxylic acids is 1. The first kappa shape index (κ1) is 18.5. The number of rotatable bonds is 6. The van der Waals surface area contributed by atoms with Crippen LogP contribution in [0.25, 0.3) is 11.4 Å². The Morgan fingerprint density at radius 2 is 2.04 bits per heavy atom. The Bertz CT molecular complexity index is 990. The van der Waals surface area contributed by atoms with E-state index in [2.05, 4.69) is 20.5 Å². The molecule has 138 valence electrons. The van der Waals surface area contributed by atoms with Crippen molar-refractivity contribution in [1.82, 2.24) is 15.2 Å². The molecule has 0 spiro atoms. The Hall–Kier alpha value is -3.27. The van der Waals surface area contributed by atoms with E-state index in [4.69, 9.17) is 0 Å². The van der Waals surface area contributed by atoms with Gasteiger partial charge in [0.1, 0.15) is 5.82 Å². The van der Waals surface area contributed by atoms with E-state index in [1.807, 2.05) is 31.2 Å². The molecule has 27 heavy (non-hydrogen) atoms. The van der Waals surface area contributed by atoms with Crippen molar-refractivity contribution in [3.63, 3.8) is 0 Å². The molecular formula is C17H14FN5O3S. The van der Waals surface area contributed by atoms with E-state index in [0.717, 1.165) is 41.1 Å². The van der Waals surface area contributed by atoms with Crippen molar-refractivity contribution >= 4 is 29.0 Å². The Labute approximate surface area is 157 Å². The molecule has 10 heteroatoms. The van der Waals surface area contributed by atoms with E-state index in [9.17, 15) is 19.3 Å². The Morgan fingerprint density at radius 3 is 2.74 bits per heavy atom. The smallest absolute Gasteiger partial charge is 0.271 e. The standard InChI is InChI=1S/C17H14FN5O3S/c1-10-2-4-11(5-3-10)16-20-17(22-21-16)27-9-15(24)19-14-8-12(23(25)26)6-7-13(14)18/h2-8H,9H2,1H3,(H,19,24)(H,20,21,22). The maximum absolute atomic E-state index is 13.7. The number of amides is 1. The van der Waals surface area contributed by atoms with Gasteiger partial charge in [0.25, 0.3) is 5.69 Å². The van der Waals surface area contributed by atoms with Crippen LogP contribution in [0.2, 0.25) is 0 Å². The van der Waals surface area contributed by atoms with Crippen molar-refractivity contribution in [3.8, 4) is 11.4 Å². The van der Waals surface area contributed by atoms with Crippen LogP contribution in [0.5, 0.6) is 0 Å². The third-order valence-electron chi connectivity index (χ3n) is 3.56. The molecule has 0 unspecified atom stereocenters. The van der Waals surface area contributed by atoms with E-state index in [0.29, 0.717) is 11.0 Å². The lowest BCUT2D eigenvalue weighted by molar-refractivity contribution is -0.384. The predicted octanol–water partition coefficient (Wildman–Crippen LogP) is 3.56. The van der Waals surface area contributed by atoms with E-state index in [1.165, 1.54) is 0 Å². The molecule has 1 amide bonds. The first-order valence-electron chi connectivity index (χ1n) is 7.78. The number of nitro benzene ring substituents is 1. The van der Waals surface area contributed by atoms with Gasteiger partial charge in [-0.05, 0) is 13.0 Å². The number of benzene rings is 2. The van der Waals surface area contributed by atoms with Crippen molar-refractivity contribution in [3.05, 3.63) is 64.0 Å². The van der Waals surface area contributed by atoms with Gasteiger partial charge in [0.05, 0.1) is 16.4 Å². The van der Waals surface area contributed by atoms with E-state index in [-0.39, 0.29) is 17.1 Å². The number of hydrogen-bond donors (Lipinski definition) is 2. The quantitative estimate of drug-likeness (QED) is 0.380. The average molecular weight is 387 g/mol. The summed E-state index contributed by atoms with van der Waals surface area (Å²) in [6.07, 6.45) is 0. The number of hydrogen-bond acceptors (Lipinski definition) is 6. The Balaban J connectivity index is 1.61. The number of carbonyl (C=O) groups is 1. The summed E-state index contributed by atoms with van der Waals surface area (Å²) in [7, 11) is 0. The first-order chi connectivity index (χ1) is 12.9. The summed E-state index contributed by atoms with van der Waals surface area (Å²) in [5.74, 6) is -0.782. The molecule has 0 aliphatic rings. The lowest BCUT2D eigenvalue weighted by atomic mass is 10.1. The number of nitro groups is 1. The van der Waals surface area contributed by atoms with Gasteiger partial charge in [0.15, 0.2) is 5.82 Å². The number of aryl methyl sites for hydroxylation is 1. The molecule has 3 aromatic rings. The molecule has 0 aliphatic heterocycles. The highest BCUT2D eigenvalue weighted by Gasteiger charge is 2.14. The zero-order chi connectivity index (χ0) is 19.4. The van der Waals surface area contributed by atoms with Crippen LogP contribution in [0.15, 0.2) is 47.6 Å². The van der Waals surface area contributed by atoms with Gasteiger partial charge in [-0.1, -0.05) is 41.6 Å². The van der Waals surface area contributed by atoms with Gasteiger partial charge in [-0.25, -0.2) is 9.37 Å². The Kier molecular flexibility index (Phi) is 5.46. The number of H-pyrrole nitrogens is 1. The molecule has 0 bridgehead atoms. The predicted molar refractivity (Wildman–Crippen MR) is 99.0 cm³/mol. The summed E-state index contributed by atoms with van der Waals surface area (Å²) in [4.78, 5) is 26.4. The third-order valence-corrected chi connectivity index (χ3v) is 4.40. The normalized spacial score (nSPS) is 10.6. The summed E-state index contributed by atoms with van der Waals surface area (Å²) in [5, 5.41) is 20.2. The number of nitrogens with one attached hydrogen (secondary N) is 2. The minimum atomic E-state index is -0.751. The Morgan fingerprint density at radius 1 is 1.30 bits per heavy atom. The molecule has 0 radical (unpaired) electrons. The van der Waals surface area contributed by atoms with E-state index >= 15 is 0 Å². The molecule has 8 nitrogen and oxygen atoms in total. The topological polar surface area (TPSA) is 114 Å². The monoisotopic (exact) mass is 387 g/mol. The third kappa shape index (κ3) is 4.67. The summed E-state index contributed by atoms with van der Waals surface area (Å²) in [5.41, 5.74) is 1.43. The molecule has 3 rings (SSSR count). The van der Waals surface area contributed by atoms with Crippen LogP contribution in [0, 0.1) is 22.9 Å². The highest BCUT2D eigenvalue weighted by Crippen LogP contribution is 2.23. The van der Waals surface area contributed by atoms with Gasteiger partial charge < -0.3 is 5.32 Å². The van der Waals surface area contributed by atoms with Crippen molar-refractivity contribution in [2.45, 2.75) is 12.1 Å². The molecule has 2 N–H and O–H groups in total. The maximum Gasteiger partial charge on any atom is 0.271 e. The minimum absolute atomic E-state index is 0.0761. The van der Waals surface area contributed by atoms with Crippen LogP contribution < -0.4 is 5.32 Å². The maximum atomic E-state index is 13.7. The molecule has 0 saturated carbocycles. The fourth-order valence-corrected chi connectivity index (χ4v) is 2.79. The fourth-order valence-electron chi connectivity index (χ4n) is 2.19. The number of aromatic nitrogens is 3. The number of aromatic amines is 1. The summed E-state index contributed by atoms with van der Waals surface area (Å²) >= 11 is 1.06. The van der Waals surface area contributed by atoms with Gasteiger partial charge >= 0.3 is 0 Å². The van der Waals surface area contributed by atoms with E-state index < -0.39 is 16.6 Å². The molecule has 0 atom stereocenters.